The first kappa shape index (κ1) is 48.5. The molecule has 17 heteroatoms. The number of phenolic OH excluding ortho intramolecular Hbond substituents is 1. The maximum absolute atomic E-state index is 14.0. The number of halogens is 1. The Labute approximate surface area is 402 Å². The van der Waals surface area contributed by atoms with Crippen molar-refractivity contribution < 1.29 is 47.9 Å². The number of aryl methyl sites for hydroxylation is 1. The molecule has 358 valence electrons. The van der Waals surface area contributed by atoms with Gasteiger partial charge in [0.15, 0.2) is 5.75 Å². The van der Waals surface area contributed by atoms with Crippen LogP contribution in [0, 0.1) is 18.2 Å². The Morgan fingerprint density at radius 2 is 1.60 bits per heavy atom. The van der Waals surface area contributed by atoms with E-state index in [4.69, 9.17) is 18.9 Å². The predicted octanol–water partition coefficient (Wildman–Crippen LogP) is 7.54. The highest BCUT2D eigenvalue weighted by molar-refractivity contribution is 7.22. The van der Waals surface area contributed by atoms with E-state index < -0.39 is 35.4 Å². The highest BCUT2D eigenvalue weighted by Crippen LogP contribution is 2.47. The zero-order valence-corrected chi connectivity index (χ0v) is 40.0. The number of nitrogens with zero attached hydrogens (tertiary/aromatic N) is 3. The first-order valence-electron chi connectivity index (χ1n) is 22.6. The van der Waals surface area contributed by atoms with Crippen LogP contribution in [0.3, 0.4) is 0 Å². The zero-order chi connectivity index (χ0) is 48.0. The van der Waals surface area contributed by atoms with E-state index in [9.17, 15) is 29.0 Å². The van der Waals surface area contributed by atoms with Gasteiger partial charge in [-0.2, -0.15) is 0 Å². The third-order valence-corrected chi connectivity index (χ3v) is 14.1. The molecule has 2 aliphatic rings. The number of carbonyl (C=O) groups is 3. The van der Waals surface area contributed by atoms with E-state index in [1.165, 1.54) is 28.4 Å². The summed E-state index contributed by atoms with van der Waals surface area (Å²) in [6.07, 6.45) is -0.744. The van der Waals surface area contributed by atoms with E-state index in [0.717, 1.165) is 55.3 Å². The maximum atomic E-state index is 14.0. The molecule has 2 saturated heterocycles. The summed E-state index contributed by atoms with van der Waals surface area (Å²) in [7, 11) is 0. The standard InChI is InChI=1S/C51H56FN5O9S2/c1-31-46(67-30-54-31)33-7-5-32(6-8-33)25-53-49(61)42-23-37(59)26-57(42)50(62)48(51(2,3)4)55-44(60)29-63-21-22-65-40-27-56(28-40)19-20-64-38-14-16-39(17-15-38)66-45-41-18-13-36(58)24-43(41)68-47(45)34-9-11-35(52)12-10-34/h5-18,24,30,37,40,42,48,58-59H,19-23,25-29H2,1-4H3,(H,53,61)(H,55,60)/t37-,42+,48?/m1/s1. The molecule has 2 aliphatic heterocycles. The summed E-state index contributed by atoms with van der Waals surface area (Å²) in [5, 5.41) is 27.2. The lowest BCUT2D eigenvalue weighted by atomic mass is 9.85. The van der Waals surface area contributed by atoms with Crippen molar-refractivity contribution in [3.63, 3.8) is 0 Å². The number of hydrogen-bond donors (Lipinski definition) is 4. The third-order valence-electron chi connectivity index (χ3n) is 11.9. The van der Waals surface area contributed by atoms with Crippen LogP contribution in [0.1, 0.15) is 38.4 Å². The number of likely N-dealkylation sites (tertiary alicyclic amines) is 2. The Morgan fingerprint density at radius 3 is 2.31 bits per heavy atom. The largest absolute Gasteiger partial charge is 0.508 e. The SMILES string of the molecule is Cc1ncsc1-c1ccc(CNC(=O)[C@@H]2C[C@@H](O)CN2C(=O)C(NC(=O)COCCOC2CN(CCOc3ccc(Oc4c(-c5ccc(F)cc5)sc5cc(O)ccc45)cc3)C2)C(C)(C)C)cc1. The molecule has 1 unspecified atom stereocenters. The molecule has 4 N–H and O–H groups in total. The Hall–Kier alpha value is -5.95. The number of aromatic nitrogens is 1. The van der Waals surface area contributed by atoms with Gasteiger partial charge in [0.1, 0.15) is 48.4 Å². The van der Waals surface area contributed by atoms with Crippen LogP contribution < -0.4 is 20.1 Å². The quantitative estimate of drug-likeness (QED) is 0.0592. The second-order valence-corrected chi connectivity index (χ2v) is 20.0. The van der Waals surface area contributed by atoms with Gasteiger partial charge in [0.05, 0.1) is 46.4 Å². The van der Waals surface area contributed by atoms with E-state index in [1.807, 2.05) is 87.8 Å². The van der Waals surface area contributed by atoms with E-state index in [2.05, 4.69) is 20.5 Å². The highest BCUT2D eigenvalue weighted by atomic mass is 32.1. The first-order valence-corrected chi connectivity index (χ1v) is 24.3. The number of β-amino-alcohol motifs (C(OH)–C–C–N with tert-alkyl or cyclic N) is 1. The minimum Gasteiger partial charge on any atom is -0.508 e. The van der Waals surface area contributed by atoms with Crippen LogP contribution in [0.15, 0.2) is 96.5 Å². The number of ether oxygens (including phenoxy) is 4. The van der Waals surface area contributed by atoms with Crippen molar-refractivity contribution in [1.29, 1.82) is 0 Å². The molecule has 4 heterocycles. The molecule has 0 aliphatic carbocycles. The fraction of sp³-hybridized carbons (Fsp3) is 0.373. The number of benzene rings is 4. The molecular formula is C51H56FN5O9S2. The summed E-state index contributed by atoms with van der Waals surface area (Å²) < 4.78 is 38.5. The number of carbonyl (C=O) groups excluding carboxylic acids is 3. The predicted molar refractivity (Wildman–Crippen MR) is 260 cm³/mol. The number of aromatic hydroxyl groups is 1. The molecule has 0 spiro atoms. The van der Waals surface area contributed by atoms with Crippen molar-refractivity contribution in [2.24, 2.45) is 5.41 Å². The Bertz CT molecular complexity index is 2680. The number of aliphatic hydroxyl groups excluding tert-OH is 1. The van der Waals surface area contributed by atoms with Gasteiger partial charge >= 0.3 is 0 Å². The Balaban J connectivity index is 0.720. The molecule has 68 heavy (non-hydrogen) atoms. The van der Waals surface area contributed by atoms with Crippen molar-refractivity contribution in [2.45, 2.75) is 65.0 Å². The summed E-state index contributed by atoms with van der Waals surface area (Å²) in [4.78, 5) is 50.3. The number of hydrogen-bond acceptors (Lipinski definition) is 13. The number of aliphatic hydroxyl groups is 1. The number of thiophene rings is 1. The molecular weight excluding hydrogens is 910 g/mol. The van der Waals surface area contributed by atoms with E-state index in [0.29, 0.717) is 37.0 Å². The summed E-state index contributed by atoms with van der Waals surface area (Å²) in [6.45, 7) is 10.6. The molecule has 4 aromatic carbocycles. The third kappa shape index (κ3) is 12.0. The summed E-state index contributed by atoms with van der Waals surface area (Å²) in [5.74, 6) is 0.489. The lowest BCUT2D eigenvalue weighted by molar-refractivity contribution is -0.144. The van der Waals surface area contributed by atoms with Gasteiger partial charge in [-0.1, -0.05) is 57.2 Å². The topological polar surface area (TPSA) is 172 Å². The molecule has 8 rings (SSSR count). The summed E-state index contributed by atoms with van der Waals surface area (Å²) in [6, 6.07) is 24.8. The number of thiazole rings is 1. The number of rotatable bonds is 19. The van der Waals surface area contributed by atoms with Crippen LogP contribution in [0.25, 0.3) is 31.0 Å². The zero-order valence-electron chi connectivity index (χ0n) is 38.4. The van der Waals surface area contributed by atoms with Gasteiger partial charge in [-0.05, 0) is 83.6 Å². The first-order chi connectivity index (χ1) is 32.7. The van der Waals surface area contributed by atoms with E-state index in [-0.39, 0.29) is 56.3 Å². The van der Waals surface area contributed by atoms with Crippen molar-refractivity contribution >= 4 is 50.5 Å². The maximum Gasteiger partial charge on any atom is 0.246 e. The van der Waals surface area contributed by atoms with Crippen molar-refractivity contribution in [3.8, 4) is 43.9 Å². The monoisotopic (exact) mass is 965 g/mol. The molecule has 0 radical (unpaired) electrons. The van der Waals surface area contributed by atoms with Crippen LogP contribution in [0.2, 0.25) is 0 Å². The van der Waals surface area contributed by atoms with Gasteiger partial charge in [0.25, 0.3) is 0 Å². The minimum atomic E-state index is -0.963. The Morgan fingerprint density at radius 1 is 0.897 bits per heavy atom. The summed E-state index contributed by atoms with van der Waals surface area (Å²) in [5.41, 5.74) is 4.83. The molecule has 0 saturated carbocycles. The minimum absolute atomic E-state index is 0.0157. The molecule has 0 bridgehead atoms. The van der Waals surface area contributed by atoms with Gasteiger partial charge < -0.3 is 44.7 Å². The van der Waals surface area contributed by atoms with Crippen LogP contribution in [0.4, 0.5) is 4.39 Å². The fourth-order valence-electron chi connectivity index (χ4n) is 8.20. The molecule has 3 amide bonds. The van der Waals surface area contributed by atoms with Gasteiger partial charge in [0, 0.05) is 49.2 Å². The lowest BCUT2D eigenvalue weighted by Crippen LogP contribution is -2.58. The number of phenols is 1. The smallest absolute Gasteiger partial charge is 0.246 e. The van der Waals surface area contributed by atoms with Gasteiger partial charge in [0.2, 0.25) is 17.7 Å². The van der Waals surface area contributed by atoms with Crippen molar-refractivity contribution in [3.05, 3.63) is 114 Å². The average molecular weight is 966 g/mol. The van der Waals surface area contributed by atoms with Gasteiger partial charge in [-0.25, -0.2) is 9.37 Å². The average Bonchev–Trinajstić information content (AvgIpc) is 4.02. The summed E-state index contributed by atoms with van der Waals surface area (Å²) >= 11 is 3.03. The van der Waals surface area contributed by atoms with Crippen molar-refractivity contribution in [2.75, 3.05) is 52.6 Å². The van der Waals surface area contributed by atoms with E-state index in [1.54, 1.807) is 35.6 Å². The molecule has 14 nitrogen and oxygen atoms in total. The van der Waals surface area contributed by atoms with Crippen LogP contribution >= 0.6 is 22.7 Å². The highest BCUT2D eigenvalue weighted by Gasteiger charge is 2.44. The van der Waals surface area contributed by atoms with Crippen LogP contribution in [0.5, 0.6) is 23.0 Å². The fourth-order valence-corrected chi connectivity index (χ4v) is 10.2. The normalized spacial score (nSPS) is 16.9. The van der Waals surface area contributed by atoms with E-state index >= 15 is 0 Å². The van der Waals surface area contributed by atoms with Gasteiger partial charge in [-0.15, -0.1) is 22.7 Å². The molecule has 3 atom stereocenters. The molecule has 2 fully saturated rings. The second-order valence-electron chi connectivity index (χ2n) is 18.1. The van der Waals surface area contributed by atoms with Crippen LogP contribution in [-0.4, -0.2) is 120 Å². The lowest BCUT2D eigenvalue weighted by Gasteiger charge is -2.38. The molecule has 6 aromatic rings. The van der Waals surface area contributed by atoms with Crippen molar-refractivity contribution in [1.82, 2.24) is 25.4 Å². The Kier molecular flexibility index (Phi) is 15.4. The van der Waals surface area contributed by atoms with Gasteiger partial charge in [-0.3, -0.25) is 19.3 Å². The number of amides is 3. The second kappa shape index (κ2) is 21.6. The van der Waals surface area contributed by atoms with Crippen LogP contribution in [-0.2, 0) is 30.4 Å². The number of fused-ring (bicyclic) bond motifs is 1. The number of nitrogens with one attached hydrogen (secondary N) is 2. The molecule has 2 aromatic heterocycles.